The van der Waals surface area contributed by atoms with Crippen LogP contribution in [0.1, 0.15) is 36.1 Å². The van der Waals surface area contributed by atoms with Crippen LogP contribution in [-0.4, -0.2) is 7.11 Å². The van der Waals surface area contributed by atoms with Gasteiger partial charge in [-0.3, -0.25) is 0 Å². The maximum Gasteiger partial charge on any atom is 0.119 e. The second kappa shape index (κ2) is 6.95. The molecule has 1 heteroatoms. The van der Waals surface area contributed by atoms with Crippen molar-refractivity contribution >= 4 is 12.2 Å². The number of hydrogen-bond donors (Lipinski definition) is 0. The molecule has 20 heavy (non-hydrogen) atoms. The van der Waals surface area contributed by atoms with E-state index in [0.29, 0.717) is 0 Å². The van der Waals surface area contributed by atoms with Crippen molar-refractivity contribution < 1.29 is 4.74 Å². The molecule has 2 rings (SSSR count). The van der Waals surface area contributed by atoms with Crippen molar-refractivity contribution in [3.05, 3.63) is 64.7 Å². The molecule has 0 aromatic heterocycles. The minimum absolute atomic E-state index is 0.922. The summed E-state index contributed by atoms with van der Waals surface area (Å²) in [6.07, 6.45) is 6.39. The van der Waals surface area contributed by atoms with E-state index < -0.39 is 0 Å². The first-order valence-corrected chi connectivity index (χ1v) is 7.20. The van der Waals surface area contributed by atoms with Gasteiger partial charge in [-0.05, 0) is 47.2 Å². The van der Waals surface area contributed by atoms with E-state index in [-0.39, 0.29) is 0 Å². The van der Waals surface area contributed by atoms with Gasteiger partial charge in [-0.25, -0.2) is 0 Å². The smallest absolute Gasteiger partial charge is 0.119 e. The van der Waals surface area contributed by atoms with Crippen LogP contribution in [0, 0.1) is 0 Å². The molecule has 0 bridgehead atoms. The third kappa shape index (κ3) is 3.74. The molecule has 0 N–H and O–H groups in total. The highest BCUT2D eigenvalue weighted by Crippen LogP contribution is 2.19. The van der Waals surface area contributed by atoms with Gasteiger partial charge >= 0.3 is 0 Å². The highest BCUT2D eigenvalue weighted by atomic mass is 16.5. The molecule has 104 valence electrons. The highest BCUT2D eigenvalue weighted by Gasteiger charge is 1.98. The molecule has 0 atom stereocenters. The summed E-state index contributed by atoms with van der Waals surface area (Å²) in [6, 6.07) is 15.1. The quantitative estimate of drug-likeness (QED) is 0.693. The van der Waals surface area contributed by atoms with Crippen LogP contribution in [0.2, 0.25) is 0 Å². The molecular weight excluding hydrogens is 244 g/mol. The predicted octanol–water partition coefficient (Wildman–Crippen LogP) is 4.99. The molecule has 2 aromatic carbocycles. The Balaban J connectivity index is 2.21. The lowest BCUT2D eigenvalue weighted by Gasteiger charge is -2.05. The third-order valence-electron chi connectivity index (χ3n) is 3.49. The van der Waals surface area contributed by atoms with E-state index in [2.05, 4.69) is 68.5 Å². The molecule has 0 fully saturated rings. The molecule has 0 unspecified atom stereocenters. The van der Waals surface area contributed by atoms with Crippen LogP contribution in [0.4, 0.5) is 0 Å². The SMILES string of the molecule is CCc1ccc(/C=C\c2cc(CC)cc(OC)c2)cc1. The highest BCUT2D eigenvalue weighted by molar-refractivity contribution is 5.70. The Labute approximate surface area is 121 Å². The summed E-state index contributed by atoms with van der Waals surface area (Å²) in [5.41, 5.74) is 5.07. The fourth-order valence-electron chi connectivity index (χ4n) is 2.16. The number of methoxy groups -OCH3 is 1. The standard InChI is InChI=1S/C19H22O/c1-4-15-6-8-17(9-7-15)10-11-18-12-16(5-2)13-19(14-18)20-3/h6-14H,4-5H2,1-3H3/b11-10-. The molecule has 0 aliphatic heterocycles. The van der Waals surface area contributed by atoms with Crippen molar-refractivity contribution in [1.82, 2.24) is 0 Å². The molecule has 2 aromatic rings. The normalized spacial score (nSPS) is 10.9. The van der Waals surface area contributed by atoms with Gasteiger partial charge in [-0.15, -0.1) is 0 Å². The van der Waals surface area contributed by atoms with Crippen LogP contribution in [0.25, 0.3) is 12.2 Å². The maximum absolute atomic E-state index is 5.35. The molecule has 0 spiro atoms. The van der Waals surface area contributed by atoms with E-state index >= 15 is 0 Å². The molecule has 0 saturated carbocycles. The first kappa shape index (κ1) is 14.4. The number of aryl methyl sites for hydroxylation is 2. The second-order valence-corrected chi connectivity index (χ2v) is 4.90. The summed E-state index contributed by atoms with van der Waals surface area (Å²) < 4.78 is 5.35. The molecule has 0 amide bonds. The van der Waals surface area contributed by atoms with Crippen molar-refractivity contribution in [1.29, 1.82) is 0 Å². The lowest BCUT2D eigenvalue weighted by molar-refractivity contribution is 0.414. The van der Waals surface area contributed by atoms with Gasteiger partial charge in [0.1, 0.15) is 5.75 Å². The minimum atomic E-state index is 0.922. The van der Waals surface area contributed by atoms with Crippen molar-refractivity contribution in [2.75, 3.05) is 7.11 Å². The predicted molar refractivity (Wildman–Crippen MR) is 87.1 cm³/mol. The number of rotatable bonds is 5. The fraction of sp³-hybridized carbons (Fsp3) is 0.263. The average Bonchev–Trinajstić information content (AvgIpc) is 2.53. The largest absolute Gasteiger partial charge is 0.497 e. The molecular formula is C19H22O. The van der Waals surface area contributed by atoms with Gasteiger partial charge in [0.15, 0.2) is 0 Å². The van der Waals surface area contributed by atoms with E-state index in [9.17, 15) is 0 Å². The van der Waals surface area contributed by atoms with Crippen LogP contribution in [0.15, 0.2) is 42.5 Å². The summed E-state index contributed by atoms with van der Waals surface area (Å²) in [7, 11) is 1.71. The topological polar surface area (TPSA) is 9.23 Å². The van der Waals surface area contributed by atoms with E-state index in [0.717, 1.165) is 18.6 Å². The monoisotopic (exact) mass is 266 g/mol. The first-order chi connectivity index (χ1) is 9.75. The summed E-state index contributed by atoms with van der Waals surface area (Å²) in [5, 5.41) is 0. The van der Waals surface area contributed by atoms with Crippen LogP contribution in [0.5, 0.6) is 5.75 Å². The van der Waals surface area contributed by atoms with Crippen molar-refractivity contribution in [2.45, 2.75) is 26.7 Å². The van der Waals surface area contributed by atoms with Gasteiger partial charge in [0.2, 0.25) is 0 Å². The Kier molecular flexibility index (Phi) is 5.00. The fourth-order valence-corrected chi connectivity index (χ4v) is 2.16. The van der Waals surface area contributed by atoms with E-state index in [1.807, 2.05) is 0 Å². The van der Waals surface area contributed by atoms with Crippen molar-refractivity contribution in [3.63, 3.8) is 0 Å². The van der Waals surface area contributed by atoms with E-state index in [1.165, 1.54) is 22.3 Å². The number of hydrogen-bond acceptors (Lipinski definition) is 1. The molecule has 0 aliphatic rings. The Bertz CT molecular complexity index is 557. The molecule has 1 nitrogen and oxygen atoms in total. The Morgan fingerprint density at radius 2 is 1.45 bits per heavy atom. The van der Waals surface area contributed by atoms with Crippen LogP contribution >= 0.6 is 0 Å². The van der Waals surface area contributed by atoms with Crippen LogP contribution < -0.4 is 4.74 Å². The number of ether oxygens (including phenoxy) is 1. The summed E-state index contributed by atoms with van der Waals surface area (Å²) in [4.78, 5) is 0. The van der Waals surface area contributed by atoms with Gasteiger partial charge in [-0.1, -0.05) is 56.3 Å². The van der Waals surface area contributed by atoms with Gasteiger partial charge in [-0.2, -0.15) is 0 Å². The summed E-state index contributed by atoms with van der Waals surface area (Å²) >= 11 is 0. The molecule has 0 heterocycles. The van der Waals surface area contributed by atoms with Gasteiger partial charge < -0.3 is 4.74 Å². The van der Waals surface area contributed by atoms with Crippen molar-refractivity contribution in [3.8, 4) is 5.75 Å². The van der Waals surface area contributed by atoms with Crippen LogP contribution in [0.3, 0.4) is 0 Å². The van der Waals surface area contributed by atoms with Gasteiger partial charge in [0, 0.05) is 0 Å². The third-order valence-corrected chi connectivity index (χ3v) is 3.49. The second-order valence-electron chi connectivity index (χ2n) is 4.90. The zero-order chi connectivity index (χ0) is 14.4. The van der Waals surface area contributed by atoms with Gasteiger partial charge in [0.25, 0.3) is 0 Å². The minimum Gasteiger partial charge on any atom is -0.497 e. The molecule has 0 saturated heterocycles. The number of benzene rings is 2. The van der Waals surface area contributed by atoms with Crippen molar-refractivity contribution in [2.24, 2.45) is 0 Å². The molecule has 0 radical (unpaired) electrons. The van der Waals surface area contributed by atoms with Gasteiger partial charge in [0.05, 0.1) is 7.11 Å². The van der Waals surface area contributed by atoms with E-state index in [1.54, 1.807) is 7.11 Å². The lowest BCUT2D eigenvalue weighted by atomic mass is 10.1. The summed E-state index contributed by atoms with van der Waals surface area (Å²) in [6.45, 7) is 4.33. The van der Waals surface area contributed by atoms with E-state index in [4.69, 9.17) is 4.74 Å². The summed E-state index contributed by atoms with van der Waals surface area (Å²) in [5.74, 6) is 0.922. The Hall–Kier alpha value is -2.02. The average molecular weight is 266 g/mol. The first-order valence-electron chi connectivity index (χ1n) is 7.20. The zero-order valence-electron chi connectivity index (χ0n) is 12.5. The molecule has 0 aliphatic carbocycles. The Morgan fingerprint density at radius 1 is 0.800 bits per heavy atom. The van der Waals surface area contributed by atoms with Crippen LogP contribution in [-0.2, 0) is 12.8 Å². The maximum atomic E-state index is 5.35. The lowest BCUT2D eigenvalue weighted by Crippen LogP contribution is -1.88. The zero-order valence-corrected chi connectivity index (χ0v) is 12.5. The Morgan fingerprint density at radius 3 is 2.05 bits per heavy atom.